The summed E-state index contributed by atoms with van der Waals surface area (Å²) in [6.07, 6.45) is 3.50. The van der Waals surface area contributed by atoms with Crippen molar-refractivity contribution >= 4 is 11.6 Å². The second-order valence-electron chi connectivity index (χ2n) is 4.38. The molecule has 0 aliphatic carbocycles. The SMILES string of the molecule is CN(Cc1cnn(C)c1)C(=O)c1cccc(F)c1N. The summed E-state index contributed by atoms with van der Waals surface area (Å²) in [6, 6.07) is 4.21. The molecule has 2 aromatic rings. The molecule has 2 rings (SSSR count). The van der Waals surface area contributed by atoms with Crippen LogP contribution in [0.2, 0.25) is 0 Å². The van der Waals surface area contributed by atoms with E-state index in [0.29, 0.717) is 6.54 Å². The first kappa shape index (κ1) is 13.1. The molecule has 100 valence electrons. The van der Waals surface area contributed by atoms with Crippen LogP contribution in [0.1, 0.15) is 15.9 Å². The van der Waals surface area contributed by atoms with Gasteiger partial charge in [0, 0.05) is 32.4 Å². The summed E-state index contributed by atoms with van der Waals surface area (Å²) >= 11 is 0. The van der Waals surface area contributed by atoms with Gasteiger partial charge < -0.3 is 10.6 Å². The zero-order chi connectivity index (χ0) is 14.0. The molecule has 0 saturated heterocycles. The van der Waals surface area contributed by atoms with Crippen LogP contribution in [0.25, 0.3) is 0 Å². The van der Waals surface area contributed by atoms with E-state index in [-0.39, 0.29) is 17.2 Å². The van der Waals surface area contributed by atoms with Crippen LogP contribution >= 0.6 is 0 Å². The molecule has 1 heterocycles. The number of carbonyl (C=O) groups is 1. The molecule has 0 radical (unpaired) electrons. The molecule has 1 aromatic heterocycles. The summed E-state index contributed by atoms with van der Waals surface area (Å²) in [5, 5.41) is 4.03. The van der Waals surface area contributed by atoms with Crippen molar-refractivity contribution in [3.8, 4) is 0 Å². The Kier molecular flexibility index (Phi) is 3.50. The van der Waals surface area contributed by atoms with E-state index in [4.69, 9.17) is 5.73 Å². The fourth-order valence-corrected chi connectivity index (χ4v) is 1.83. The maximum atomic E-state index is 13.3. The Balaban J connectivity index is 2.17. The van der Waals surface area contributed by atoms with Crippen molar-refractivity contribution in [3.63, 3.8) is 0 Å². The fraction of sp³-hybridized carbons (Fsp3) is 0.231. The highest BCUT2D eigenvalue weighted by Gasteiger charge is 2.17. The Bertz CT molecular complexity index is 608. The Morgan fingerprint density at radius 1 is 1.53 bits per heavy atom. The molecule has 5 nitrogen and oxygen atoms in total. The van der Waals surface area contributed by atoms with Crippen molar-refractivity contribution in [1.29, 1.82) is 0 Å². The number of hydrogen-bond acceptors (Lipinski definition) is 3. The van der Waals surface area contributed by atoms with Crippen LogP contribution < -0.4 is 5.73 Å². The van der Waals surface area contributed by atoms with Crippen molar-refractivity contribution in [2.45, 2.75) is 6.54 Å². The number of para-hydroxylation sites is 1. The number of nitrogens with zero attached hydrogens (tertiary/aromatic N) is 3. The van der Waals surface area contributed by atoms with Crippen LogP contribution in [0, 0.1) is 5.82 Å². The lowest BCUT2D eigenvalue weighted by Gasteiger charge is -2.17. The molecule has 6 heteroatoms. The van der Waals surface area contributed by atoms with Crippen LogP contribution in [0.5, 0.6) is 0 Å². The topological polar surface area (TPSA) is 64.2 Å². The first-order chi connectivity index (χ1) is 8.99. The van der Waals surface area contributed by atoms with Gasteiger partial charge in [0.1, 0.15) is 5.82 Å². The normalized spacial score (nSPS) is 10.5. The minimum absolute atomic E-state index is 0.120. The number of rotatable bonds is 3. The van der Waals surface area contributed by atoms with Gasteiger partial charge in [0.2, 0.25) is 0 Å². The molecule has 1 amide bonds. The number of benzene rings is 1. The molecule has 0 fully saturated rings. The van der Waals surface area contributed by atoms with Gasteiger partial charge in [0.25, 0.3) is 5.91 Å². The van der Waals surface area contributed by atoms with Crippen LogP contribution in [0.3, 0.4) is 0 Å². The molecule has 19 heavy (non-hydrogen) atoms. The highest BCUT2D eigenvalue weighted by molar-refractivity contribution is 5.99. The summed E-state index contributed by atoms with van der Waals surface area (Å²) < 4.78 is 15.0. The summed E-state index contributed by atoms with van der Waals surface area (Å²) in [5.74, 6) is -0.901. The summed E-state index contributed by atoms with van der Waals surface area (Å²) in [6.45, 7) is 0.391. The van der Waals surface area contributed by atoms with E-state index in [1.165, 1.54) is 23.1 Å². The molecular weight excluding hydrogens is 247 g/mol. The van der Waals surface area contributed by atoms with E-state index in [2.05, 4.69) is 5.10 Å². The van der Waals surface area contributed by atoms with E-state index in [1.807, 2.05) is 6.20 Å². The predicted octanol–water partition coefficient (Wildman–Crippen LogP) is 1.41. The summed E-state index contributed by atoms with van der Waals surface area (Å²) in [7, 11) is 3.44. The number of halogens is 1. The minimum atomic E-state index is -0.583. The molecule has 0 aliphatic heterocycles. The van der Waals surface area contributed by atoms with Gasteiger partial charge in [-0.3, -0.25) is 9.48 Å². The van der Waals surface area contributed by atoms with E-state index < -0.39 is 5.82 Å². The molecule has 0 aliphatic rings. The summed E-state index contributed by atoms with van der Waals surface area (Å²) in [5.41, 5.74) is 6.53. The van der Waals surface area contributed by atoms with Crippen LogP contribution in [-0.4, -0.2) is 27.6 Å². The van der Waals surface area contributed by atoms with Crippen molar-refractivity contribution in [1.82, 2.24) is 14.7 Å². The fourth-order valence-electron chi connectivity index (χ4n) is 1.83. The highest BCUT2D eigenvalue weighted by atomic mass is 19.1. The maximum absolute atomic E-state index is 13.3. The van der Waals surface area contributed by atoms with Gasteiger partial charge in [-0.1, -0.05) is 6.07 Å². The minimum Gasteiger partial charge on any atom is -0.396 e. The molecular formula is C13H15FN4O. The van der Waals surface area contributed by atoms with Gasteiger partial charge in [0.15, 0.2) is 0 Å². The molecule has 0 atom stereocenters. The van der Waals surface area contributed by atoms with Crippen molar-refractivity contribution in [2.75, 3.05) is 12.8 Å². The molecule has 1 aromatic carbocycles. The maximum Gasteiger partial charge on any atom is 0.256 e. The van der Waals surface area contributed by atoms with Crippen LogP contribution in [0.15, 0.2) is 30.6 Å². The molecule has 0 saturated carbocycles. The lowest BCUT2D eigenvalue weighted by atomic mass is 10.1. The standard InChI is InChI=1S/C13H15FN4O/c1-17(7-9-6-16-18(2)8-9)13(19)10-4-3-5-11(14)12(10)15/h3-6,8H,7,15H2,1-2H3. The largest absolute Gasteiger partial charge is 0.396 e. The Morgan fingerprint density at radius 3 is 2.89 bits per heavy atom. The van der Waals surface area contributed by atoms with Gasteiger partial charge in [-0.05, 0) is 12.1 Å². The Hall–Kier alpha value is -2.37. The van der Waals surface area contributed by atoms with Gasteiger partial charge in [-0.15, -0.1) is 0 Å². The van der Waals surface area contributed by atoms with Gasteiger partial charge in [-0.2, -0.15) is 5.10 Å². The van der Waals surface area contributed by atoms with Crippen LogP contribution in [0.4, 0.5) is 10.1 Å². The van der Waals surface area contributed by atoms with E-state index >= 15 is 0 Å². The molecule has 0 bridgehead atoms. The number of aryl methyl sites for hydroxylation is 1. The average molecular weight is 262 g/mol. The van der Waals surface area contributed by atoms with Crippen LogP contribution in [-0.2, 0) is 13.6 Å². The van der Waals surface area contributed by atoms with Gasteiger partial charge in [0.05, 0.1) is 17.4 Å². The van der Waals surface area contributed by atoms with E-state index in [0.717, 1.165) is 5.56 Å². The van der Waals surface area contributed by atoms with Crippen molar-refractivity contribution in [3.05, 3.63) is 47.5 Å². The lowest BCUT2D eigenvalue weighted by molar-refractivity contribution is 0.0785. The number of nitrogens with two attached hydrogens (primary N) is 1. The second-order valence-corrected chi connectivity index (χ2v) is 4.38. The smallest absolute Gasteiger partial charge is 0.256 e. The molecule has 0 spiro atoms. The third-order valence-electron chi connectivity index (χ3n) is 2.81. The van der Waals surface area contributed by atoms with Gasteiger partial charge >= 0.3 is 0 Å². The first-order valence-corrected chi connectivity index (χ1v) is 5.76. The molecule has 0 unspecified atom stereocenters. The monoisotopic (exact) mass is 262 g/mol. The van der Waals surface area contributed by atoms with E-state index in [1.54, 1.807) is 25.0 Å². The van der Waals surface area contributed by atoms with Crippen molar-refractivity contribution in [2.24, 2.45) is 7.05 Å². The number of nitrogen functional groups attached to an aromatic ring is 1. The second kappa shape index (κ2) is 5.09. The molecule has 2 N–H and O–H groups in total. The number of carbonyl (C=O) groups excluding carboxylic acids is 1. The number of anilines is 1. The third-order valence-corrected chi connectivity index (χ3v) is 2.81. The highest BCUT2D eigenvalue weighted by Crippen LogP contribution is 2.18. The zero-order valence-electron chi connectivity index (χ0n) is 10.8. The van der Waals surface area contributed by atoms with Gasteiger partial charge in [-0.25, -0.2) is 4.39 Å². The predicted molar refractivity (Wildman–Crippen MR) is 69.8 cm³/mol. The lowest BCUT2D eigenvalue weighted by Crippen LogP contribution is -2.27. The average Bonchev–Trinajstić information content (AvgIpc) is 2.77. The number of amides is 1. The number of aromatic nitrogens is 2. The first-order valence-electron chi connectivity index (χ1n) is 5.76. The Morgan fingerprint density at radius 2 is 2.26 bits per heavy atom. The quantitative estimate of drug-likeness (QED) is 0.851. The number of hydrogen-bond donors (Lipinski definition) is 1. The summed E-state index contributed by atoms with van der Waals surface area (Å²) in [4.78, 5) is 13.7. The zero-order valence-corrected chi connectivity index (χ0v) is 10.8. The Labute approximate surface area is 110 Å². The van der Waals surface area contributed by atoms with Crippen molar-refractivity contribution < 1.29 is 9.18 Å². The third kappa shape index (κ3) is 2.73. The van der Waals surface area contributed by atoms with E-state index in [9.17, 15) is 9.18 Å².